The van der Waals surface area contributed by atoms with Gasteiger partial charge in [-0.25, -0.2) is 0 Å². The van der Waals surface area contributed by atoms with E-state index in [1.165, 1.54) is 7.11 Å². The molecule has 7 nitrogen and oxygen atoms in total. The molecule has 1 unspecified atom stereocenters. The van der Waals surface area contributed by atoms with E-state index in [0.29, 0.717) is 6.54 Å². The Balaban J connectivity index is 1.40. The zero-order valence-electron chi connectivity index (χ0n) is 18.8. The Morgan fingerprint density at radius 1 is 1.26 bits per heavy atom. The van der Waals surface area contributed by atoms with Gasteiger partial charge in [0.05, 0.1) is 19.6 Å². The van der Waals surface area contributed by atoms with Crippen molar-refractivity contribution in [2.45, 2.75) is 39.0 Å². The highest BCUT2D eigenvalue weighted by Gasteiger charge is 2.26. The summed E-state index contributed by atoms with van der Waals surface area (Å²) in [5.74, 6) is 2.47. The lowest BCUT2D eigenvalue weighted by atomic mass is 9.97. The molecule has 1 atom stereocenters. The van der Waals surface area contributed by atoms with Crippen molar-refractivity contribution in [3.63, 3.8) is 0 Å². The van der Waals surface area contributed by atoms with Gasteiger partial charge in [-0.05, 0) is 69.7 Å². The predicted octanol–water partition coefficient (Wildman–Crippen LogP) is 2.84. The van der Waals surface area contributed by atoms with E-state index in [9.17, 15) is 9.90 Å². The molecule has 0 spiro atoms. The van der Waals surface area contributed by atoms with E-state index < -0.39 is 6.10 Å². The average molecular weight is 431 g/mol. The minimum atomic E-state index is -0.580. The van der Waals surface area contributed by atoms with Gasteiger partial charge in [0.1, 0.15) is 30.0 Å². The molecule has 0 saturated carbocycles. The zero-order valence-corrected chi connectivity index (χ0v) is 18.8. The minimum Gasteiger partial charge on any atom is -0.491 e. The highest BCUT2D eigenvalue weighted by molar-refractivity contribution is 5.72. The molecular weight excluding hydrogens is 396 g/mol. The summed E-state index contributed by atoms with van der Waals surface area (Å²) in [6, 6.07) is 11.9. The van der Waals surface area contributed by atoms with Crippen LogP contribution in [0.2, 0.25) is 0 Å². The Morgan fingerprint density at radius 2 is 2.03 bits per heavy atom. The number of furan rings is 1. The van der Waals surface area contributed by atoms with Gasteiger partial charge in [-0.2, -0.15) is 0 Å². The second-order valence-corrected chi connectivity index (χ2v) is 8.39. The van der Waals surface area contributed by atoms with Gasteiger partial charge in [-0.1, -0.05) is 12.1 Å². The molecule has 1 aliphatic heterocycles. The fraction of sp³-hybridized carbons (Fsp3) is 0.542. The molecule has 0 aliphatic carbocycles. The molecule has 1 aromatic heterocycles. The lowest BCUT2D eigenvalue weighted by Crippen LogP contribution is -2.42. The Hall–Kier alpha value is -2.35. The maximum Gasteiger partial charge on any atom is 0.308 e. The van der Waals surface area contributed by atoms with Crippen molar-refractivity contribution in [1.82, 2.24) is 9.80 Å². The molecule has 2 aromatic rings. The number of methoxy groups -OCH3 is 1. The summed E-state index contributed by atoms with van der Waals surface area (Å²) in [7, 11) is 3.49. The number of aliphatic hydroxyl groups is 1. The third-order valence-corrected chi connectivity index (χ3v) is 5.61. The predicted molar refractivity (Wildman–Crippen MR) is 118 cm³/mol. The lowest BCUT2D eigenvalue weighted by Gasteiger charge is -2.31. The molecule has 0 amide bonds. The monoisotopic (exact) mass is 430 g/mol. The highest BCUT2D eigenvalue weighted by Crippen LogP contribution is 2.19. The molecule has 31 heavy (non-hydrogen) atoms. The van der Waals surface area contributed by atoms with E-state index in [0.717, 1.165) is 61.9 Å². The third-order valence-electron chi connectivity index (χ3n) is 5.61. The van der Waals surface area contributed by atoms with E-state index in [1.54, 1.807) is 0 Å². The van der Waals surface area contributed by atoms with Crippen molar-refractivity contribution in [1.29, 1.82) is 0 Å². The fourth-order valence-electron chi connectivity index (χ4n) is 4.00. The summed E-state index contributed by atoms with van der Waals surface area (Å²) in [6.07, 6.45) is 0.962. The van der Waals surface area contributed by atoms with Gasteiger partial charge in [0.25, 0.3) is 0 Å². The van der Waals surface area contributed by atoms with Crippen LogP contribution in [0, 0.1) is 12.8 Å². The number of aliphatic hydroxyl groups excluding tert-OH is 1. The number of rotatable bonds is 10. The van der Waals surface area contributed by atoms with Crippen molar-refractivity contribution < 1.29 is 23.8 Å². The van der Waals surface area contributed by atoms with Crippen LogP contribution in [0.25, 0.3) is 0 Å². The smallest absolute Gasteiger partial charge is 0.308 e. The van der Waals surface area contributed by atoms with Gasteiger partial charge in [0.15, 0.2) is 0 Å². The standard InChI is InChI=1S/C24H34N2O5/c1-18-7-8-23(31-18)16-25(2)14-19-5-4-6-22(13-19)30-17-21(27)15-26-11-9-20(10-12-26)24(28)29-3/h4-8,13,20-21,27H,9-12,14-17H2,1-3H3. The second-order valence-electron chi connectivity index (χ2n) is 8.39. The number of nitrogens with zero attached hydrogens (tertiary/aromatic N) is 2. The number of hydrogen-bond acceptors (Lipinski definition) is 7. The second kappa shape index (κ2) is 11.3. The summed E-state index contributed by atoms with van der Waals surface area (Å²) >= 11 is 0. The molecule has 170 valence electrons. The van der Waals surface area contributed by atoms with E-state index in [-0.39, 0.29) is 18.5 Å². The summed E-state index contributed by atoms with van der Waals surface area (Å²) in [6.45, 7) is 5.81. The normalized spacial score (nSPS) is 16.4. The molecule has 1 fully saturated rings. The van der Waals surface area contributed by atoms with Crippen LogP contribution in [0.15, 0.2) is 40.8 Å². The van der Waals surface area contributed by atoms with Crippen LogP contribution in [-0.4, -0.2) is 67.4 Å². The number of carbonyl (C=O) groups is 1. The van der Waals surface area contributed by atoms with Gasteiger partial charge in [-0.3, -0.25) is 9.69 Å². The Morgan fingerprint density at radius 3 is 2.71 bits per heavy atom. The third kappa shape index (κ3) is 7.38. The average Bonchev–Trinajstić information content (AvgIpc) is 3.16. The topological polar surface area (TPSA) is 75.4 Å². The van der Waals surface area contributed by atoms with Gasteiger partial charge in [0.2, 0.25) is 0 Å². The quantitative estimate of drug-likeness (QED) is 0.581. The number of benzene rings is 1. The molecule has 0 radical (unpaired) electrons. The highest BCUT2D eigenvalue weighted by atomic mass is 16.5. The zero-order chi connectivity index (χ0) is 22.2. The van der Waals surface area contributed by atoms with Crippen molar-refractivity contribution in [2.75, 3.05) is 40.4 Å². The number of esters is 1. The summed E-state index contributed by atoms with van der Waals surface area (Å²) in [5.41, 5.74) is 1.14. The first-order valence-electron chi connectivity index (χ1n) is 10.9. The van der Waals surface area contributed by atoms with Crippen LogP contribution in [0.1, 0.15) is 29.9 Å². The molecule has 3 rings (SSSR count). The van der Waals surface area contributed by atoms with Crippen LogP contribution in [-0.2, 0) is 22.6 Å². The largest absolute Gasteiger partial charge is 0.491 e. The minimum absolute atomic E-state index is 0.0210. The Bertz CT molecular complexity index is 829. The van der Waals surface area contributed by atoms with Gasteiger partial charge in [0, 0.05) is 13.1 Å². The Kier molecular flexibility index (Phi) is 8.51. The van der Waals surface area contributed by atoms with Gasteiger partial charge >= 0.3 is 5.97 Å². The first kappa shape index (κ1) is 23.3. The van der Waals surface area contributed by atoms with Gasteiger partial charge in [-0.15, -0.1) is 0 Å². The SMILES string of the molecule is COC(=O)C1CCN(CC(O)COc2cccc(CN(C)Cc3ccc(C)o3)c2)CC1. The Labute approximate surface area is 184 Å². The maximum atomic E-state index is 11.6. The van der Waals surface area contributed by atoms with Gasteiger partial charge < -0.3 is 23.9 Å². The van der Waals surface area contributed by atoms with E-state index in [1.807, 2.05) is 37.3 Å². The first-order valence-corrected chi connectivity index (χ1v) is 10.9. The first-order chi connectivity index (χ1) is 14.9. The number of β-amino-alcohol motifs (C(OH)–C–C–N with tert-alkyl or cyclic N) is 1. The van der Waals surface area contributed by atoms with Crippen molar-refractivity contribution in [3.8, 4) is 5.75 Å². The number of hydrogen-bond donors (Lipinski definition) is 1. The molecule has 1 aromatic carbocycles. The maximum absolute atomic E-state index is 11.6. The number of likely N-dealkylation sites (tertiary alicyclic amines) is 1. The summed E-state index contributed by atoms with van der Waals surface area (Å²) < 4.78 is 16.3. The van der Waals surface area contributed by atoms with Crippen molar-refractivity contribution in [3.05, 3.63) is 53.5 Å². The van der Waals surface area contributed by atoms with Crippen LogP contribution in [0.5, 0.6) is 5.75 Å². The number of aryl methyl sites for hydroxylation is 1. The molecule has 2 heterocycles. The summed E-state index contributed by atoms with van der Waals surface area (Å²) in [4.78, 5) is 16.0. The van der Waals surface area contributed by atoms with Crippen LogP contribution in [0.4, 0.5) is 0 Å². The molecule has 1 aliphatic rings. The van der Waals surface area contributed by atoms with Crippen LogP contribution < -0.4 is 4.74 Å². The summed E-state index contributed by atoms with van der Waals surface area (Å²) in [5, 5.41) is 10.4. The number of piperidine rings is 1. The number of carbonyl (C=O) groups excluding carboxylic acids is 1. The molecular formula is C24H34N2O5. The molecule has 7 heteroatoms. The number of ether oxygens (including phenoxy) is 2. The van der Waals surface area contributed by atoms with E-state index in [2.05, 4.69) is 22.9 Å². The fourth-order valence-corrected chi connectivity index (χ4v) is 4.00. The van der Waals surface area contributed by atoms with Crippen molar-refractivity contribution in [2.24, 2.45) is 5.92 Å². The van der Waals surface area contributed by atoms with Crippen LogP contribution in [0.3, 0.4) is 0 Å². The van der Waals surface area contributed by atoms with Crippen molar-refractivity contribution >= 4 is 5.97 Å². The molecule has 1 saturated heterocycles. The van der Waals surface area contributed by atoms with Crippen LogP contribution >= 0.6 is 0 Å². The van der Waals surface area contributed by atoms with E-state index in [4.69, 9.17) is 13.9 Å². The lowest BCUT2D eigenvalue weighted by molar-refractivity contribution is -0.147. The van der Waals surface area contributed by atoms with E-state index >= 15 is 0 Å². The molecule has 1 N–H and O–H groups in total. The molecule has 0 bridgehead atoms.